The summed E-state index contributed by atoms with van der Waals surface area (Å²) in [5, 5.41) is 9.75. The van der Waals surface area contributed by atoms with Gasteiger partial charge in [0.15, 0.2) is 0 Å². The summed E-state index contributed by atoms with van der Waals surface area (Å²) in [4.78, 5) is 9.35. The molecule has 0 spiro atoms. The highest BCUT2D eigenvalue weighted by Crippen LogP contribution is 2.24. The third-order valence-electron chi connectivity index (χ3n) is 1.84. The molecule has 4 heteroatoms. The maximum Gasteiger partial charge on any atom is 0.123 e. The van der Waals surface area contributed by atoms with Crippen LogP contribution in [0.3, 0.4) is 0 Å². The van der Waals surface area contributed by atoms with Crippen LogP contribution in [0.5, 0.6) is 0 Å². The summed E-state index contributed by atoms with van der Waals surface area (Å²) in [6.45, 7) is 0.179. The molecule has 14 heavy (non-hydrogen) atoms. The lowest BCUT2D eigenvalue weighted by Crippen LogP contribution is -1.84. The Kier molecular flexibility index (Phi) is 2.86. The molecule has 2 rings (SSSR count). The first kappa shape index (κ1) is 9.30. The number of nitrogens with zero attached hydrogens (tertiary/aromatic N) is 2. The van der Waals surface area contributed by atoms with Gasteiger partial charge in [-0.15, -0.1) is 11.3 Å². The zero-order valence-corrected chi connectivity index (χ0v) is 8.37. The molecule has 0 aliphatic heterocycles. The van der Waals surface area contributed by atoms with Gasteiger partial charge in [0.2, 0.25) is 0 Å². The average molecular weight is 206 g/mol. The van der Waals surface area contributed by atoms with Gasteiger partial charge in [-0.3, -0.25) is 4.98 Å². The third-order valence-corrected chi connectivity index (χ3v) is 2.95. The topological polar surface area (TPSA) is 46.0 Å². The Morgan fingerprint density at radius 3 is 2.79 bits per heavy atom. The highest BCUT2D eigenvalue weighted by Gasteiger charge is 2.03. The van der Waals surface area contributed by atoms with Crippen molar-refractivity contribution >= 4 is 11.3 Å². The molecule has 2 aromatic heterocycles. The summed E-state index contributed by atoms with van der Waals surface area (Å²) in [5.74, 6) is 0. The molecule has 72 valence electrons. The van der Waals surface area contributed by atoms with Crippen molar-refractivity contribution in [2.75, 3.05) is 6.61 Å². The molecular formula is C10H10N2OS. The smallest absolute Gasteiger partial charge is 0.123 e. The van der Waals surface area contributed by atoms with Gasteiger partial charge in [0.05, 0.1) is 0 Å². The SMILES string of the molecule is OCCc1cnc(-c2ccncc2)s1. The molecule has 0 aliphatic carbocycles. The van der Waals surface area contributed by atoms with E-state index in [1.54, 1.807) is 23.7 Å². The first-order valence-corrected chi connectivity index (χ1v) is 5.18. The van der Waals surface area contributed by atoms with Gasteiger partial charge in [-0.1, -0.05) is 0 Å². The number of aromatic nitrogens is 2. The molecule has 2 heterocycles. The van der Waals surface area contributed by atoms with Crippen molar-refractivity contribution in [3.8, 4) is 10.6 Å². The van der Waals surface area contributed by atoms with E-state index in [9.17, 15) is 0 Å². The van der Waals surface area contributed by atoms with Gasteiger partial charge in [-0.25, -0.2) is 4.98 Å². The summed E-state index contributed by atoms with van der Waals surface area (Å²) in [7, 11) is 0. The van der Waals surface area contributed by atoms with Gasteiger partial charge < -0.3 is 5.11 Å². The molecule has 0 unspecified atom stereocenters. The molecule has 0 bridgehead atoms. The van der Waals surface area contributed by atoms with Gasteiger partial charge in [0.1, 0.15) is 5.01 Å². The second kappa shape index (κ2) is 4.30. The van der Waals surface area contributed by atoms with Crippen molar-refractivity contribution in [2.45, 2.75) is 6.42 Å². The number of aliphatic hydroxyl groups is 1. The van der Waals surface area contributed by atoms with Gasteiger partial charge in [-0.2, -0.15) is 0 Å². The Morgan fingerprint density at radius 2 is 2.07 bits per heavy atom. The lowest BCUT2D eigenvalue weighted by molar-refractivity contribution is 0.300. The minimum absolute atomic E-state index is 0.179. The summed E-state index contributed by atoms with van der Waals surface area (Å²) in [6, 6.07) is 3.86. The summed E-state index contributed by atoms with van der Waals surface area (Å²) < 4.78 is 0. The zero-order valence-electron chi connectivity index (χ0n) is 7.55. The Bertz CT molecular complexity index is 400. The van der Waals surface area contributed by atoms with Crippen LogP contribution < -0.4 is 0 Å². The highest BCUT2D eigenvalue weighted by atomic mass is 32.1. The van der Waals surface area contributed by atoms with E-state index in [0.717, 1.165) is 15.4 Å². The largest absolute Gasteiger partial charge is 0.396 e. The fraction of sp³-hybridized carbons (Fsp3) is 0.200. The number of rotatable bonds is 3. The summed E-state index contributed by atoms with van der Waals surface area (Å²) in [5.41, 5.74) is 1.08. The monoisotopic (exact) mass is 206 g/mol. The standard InChI is InChI=1S/C10H10N2OS/c13-6-3-9-7-12-10(14-9)8-1-4-11-5-2-8/h1-2,4-5,7,13H,3,6H2. The van der Waals surface area contributed by atoms with Crippen LogP contribution in [0.1, 0.15) is 4.88 Å². The Labute approximate surface area is 86.1 Å². The third kappa shape index (κ3) is 1.97. The van der Waals surface area contributed by atoms with Crippen molar-refractivity contribution in [3.63, 3.8) is 0 Å². The highest BCUT2D eigenvalue weighted by molar-refractivity contribution is 7.15. The first-order valence-electron chi connectivity index (χ1n) is 4.36. The molecule has 2 aromatic rings. The van der Waals surface area contributed by atoms with Gasteiger partial charge in [0, 0.05) is 42.1 Å². The van der Waals surface area contributed by atoms with Crippen LogP contribution >= 0.6 is 11.3 Å². The van der Waals surface area contributed by atoms with Crippen molar-refractivity contribution < 1.29 is 5.11 Å². The summed E-state index contributed by atoms with van der Waals surface area (Å²) >= 11 is 1.61. The first-order chi connectivity index (χ1) is 6.90. The van der Waals surface area contributed by atoms with Crippen LogP contribution in [0.25, 0.3) is 10.6 Å². The molecule has 0 aliphatic rings. The fourth-order valence-electron chi connectivity index (χ4n) is 1.16. The Balaban J connectivity index is 2.25. The van der Waals surface area contributed by atoms with Crippen LogP contribution in [0.2, 0.25) is 0 Å². The van der Waals surface area contributed by atoms with E-state index in [1.165, 1.54) is 0 Å². The van der Waals surface area contributed by atoms with Crippen LogP contribution in [0.4, 0.5) is 0 Å². The van der Waals surface area contributed by atoms with E-state index < -0.39 is 0 Å². The van der Waals surface area contributed by atoms with Gasteiger partial charge >= 0.3 is 0 Å². The van der Waals surface area contributed by atoms with E-state index in [1.807, 2.05) is 18.3 Å². The van der Waals surface area contributed by atoms with Crippen molar-refractivity contribution in [3.05, 3.63) is 35.6 Å². The maximum absolute atomic E-state index is 8.77. The molecule has 1 N–H and O–H groups in total. The molecule has 3 nitrogen and oxygen atoms in total. The minimum atomic E-state index is 0.179. The van der Waals surface area contributed by atoms with Crippen LogP contribution in [-0.2, 0) is 6.42 Å². The van der Waals surface area contributed by atoms with Crippen LogP contribution in [0, 0.1) is 0 Å². The number of hydrogen-bond acceptors (Lipinski definition) is 4. The number of hydrogen-bond donors (Lipinski definition) is 1. The predicted octanol–water partition coefficient (Wildman–Crippen LogP) is 1.74. The quantitative estimate of drug-likeness (QED) is 0.832. The molecule has 0 amide bonds. The molecule has 0 atom stereocenters. The van der Waals surface area contributed by atoms with E-state index in [-0.39, 0.29) is 6.61 Å². The summed E-state index contributed by atoms with van der Waals surface area (Å²) in [6.07, 6.45) is 6.00. The molecule has 0 saturated heterocycles. The second-order valence-electron chi connectivity index (χ2n) is 2.84. The lowest BCUT2D eigenvalue weighted by Gasteiger charge is -1.92. The van der Waals surface area contributed by atoms with Crippen LogP contribution in [0.15, 0.2) is 30.7 Å². The Hall–Kier alpha value is -1.26. The molecule has 0 aromatic carbocycles. The van der Waals surface area contributed by atoms with Crippen molar-refractivity contribution in [1.82, 2.24) is 9.97 Å². The average Bonchev–Trinajstić information content (AvgIpc) is 2.68. The Morgan fingerprint density at radius 1 is 1.29 bits per heavy atom. The second-order valence-corrected chi connectivity index (χ2v) is 3.96. The van der Waals surface area contributed by atoms with Crippen molar-refractivity contribution in [2.24, 2.45) is 0 Å². The normalized spacial score (nSPS) is 10.4. The fourth-order valence-corrected chi connectivity index (χ4v) is 2.07. The van der Waals surface area contributed by atoms with E-state index in [0.29, 0.717) is 6.42 Å². The molecule has 0 radical (unpaired) electrons. The van der Waals surface area contributed by atoms with Gasteiger partial charge in [0.25, 0.3) is 0 Å². The van der Waals surface area contributed by atoms with E-state index in [4.69, 9.17) is 5.11 Å². The van der Waals surface area contributed by atoms with Crippen LogP contribution in [-0.4, -0.2) is 21.7 Å². The number of thiazole rings is 1. The molecule has 0 saturated carbocycles. The maximum atomic E-state index is 8.77. The van der Waals surface area contributed by atoms with E-state index in [2.05, 4.69) is 9.97 Å². The molecule has 0 fully saturated rings. The molecular weight excluding hydrogens is 196 g/mol. The predicted molar refractivity (Wildman–Crippen MR) is 56.1 cm³/mol. The van der Waals surface area contributed by atoms with E-state index >= 15 is 0 Å². The van der Waals surface area contributed by atoms with Crippen molar-refractivity contribution in [1.29, 1.82) is 0 Å². The number of aliphatic hydroxyl groups excluding tert-OH is 1. The minimum Gasteiger partial charge on any atom is -0.396 e. The zero-order chi connectivity index (χ0) is 9.80. The number of pyridine rings is 1. The lowest BCUT2D eigenvalue weighted by atomic mass is 10.3. The van der Waals surface area contributed by atoms with Gasteiger partial charge in [-0.05, 0) is 12.1 Å².